The van der Waals surface area contributed by atoms with E-state index in [1.165, 1.54) is 28.6 Å². The fraction of sp³-hybridized carbons (Fsp3) is 0.227. The molecule has 4 rings (SSSR count). The molecule has 0 N–H and O–H groups in total. The van der Waals surface area contributed by atoms with Gasteiger partial charge in [0.2, 0.25) is 0 Å². The number of benzene rings is 2. The van der Waals surface area contributed by atoms with Crippen LogP contribution in [0.1, 0.15) is 37.1 Å². The zero-order valence-electron chi connectivity index (χ0n) is 15.3. The van der Waals surface area contributed by atoms with Crippen molar-refractivity contribution in [2.45, 2.75) is 32.4 Å². The Hall–Kier alpha value is -2.40. The molecule has 0 spiro atoms. The van der Waals surface area contributed by atoms with Crippen LogP contribution in [0, 0.1) is 5.82 Å². The van der Waals surface area contributed by atoms with E-state index in [-0.39, 0.29) is 11.9 Å². The Labute approximate surface area is 166 Å². The summed E-state index contributed by atoms with van der Waals surface area (Å²) in [7, 11) is 0. The van der Waals surface area contributed by atoms with Crippen LogP contribution in [0.4, 0.5) is 4.39 Å². The highest BCUT2D eigenvalue weighted by molar-refractivity contribution is 9.10. The molecule has 3 nitrogen and oxygen atoms in total. The summed E-state index contributed by atoms with van der Waals surface area (Å²) in [6.45, 7) is 4.38. The molecule has 0 bridgehead atoms. The van der Waals surface area contributed by atoms with Gasteiger partial charge < -0.3 is 9.13 Å². The van der Waals surface area contributed by atoms with Crippen LogP contribution in [0.3, 0.4) is 0 Å². The summed E-state index contributed by atoms with van der Waals surface area (Å²) < 4.78 is 18.8. The lowest BCUT2D eigenvalue weighted by Gasteiger charge is -2.19. The fourth-order valence-electron chi connectivity index (χ4n) is 3.62. The van der Waals surface area contributed by atoms with Crippen molar-refractivity contribution >= 4 is 26.8 Å². The number of hydrogen-bond acceptors (Lipinski definition) is 1. The van der Waals surface area contributed by atoms with E-state index < -0.39 is 0 Å². The Morgan fingerprint density at radius 3 is 2.56 bits per heavy atom. The second-order valence-electron chi connectivity index (χ2n) is 7.10. The third kappa shape index (κ3) is 3.56. The molecule has 2 heterocycles. The van der Waals surface area contributed by atoms with Crippen molar-refractivity contribution in [1.82, 2.24) is 14.1 Å². The Bertz CT molecular complexity index is 1050. The minimum Gasteiger partial charge on any atom is -0.345 e. The summed E-state index contributed by atoms with van der Waals surface area (Å²) in [5.74, 6) is -0.210. The monoisotopic (exact) mass is 425 g/mol. The van der Waals surface area contributed by atoms with Crippen LogP contribution in [0.25, 0.3) is 10.9 Å². The number of hydrogen-bond donors (Lipinski definition) is 0. The first kappa shape index (κ1) is 18.0. The van der Waals surface area contributed by atoms with Crippen LogP contribution < -0.4 is 0 Å². The van der Waals surface area contributed by atoms with Gasteiger partial charge in [-0.15, -0.1) is 0 Å². The number of rotatable bonds is 5. The molecule has 0 saturated heterocycles. The van der Waals surface area contributed by atoms with Crippen molar-refractivity contribution in [2.24, 2.45) is 0 Å². The van der Waals surface area contributed by atoms with E-state index in [1.54, 1.807) is 6.20 Å². The van der Waals surface area contributed by atoms with Gasteiger partial charge in [-0.2, -0.15) is 0 Å². The van der Waals surface area contributed by atoms with Gasteiger partial charge in [0.05, 0.1) is 12.4 Å². The van der Waals surface area contributed by atoms with E-state index in [0.29, 0.717) is 6.04 Å². The molecule has 0 amide bonds. The first-order chi connectivity index (χ1) is 13.0. The molecule has 0 aliphatic rings. The lowest BCUT2D eigenvalue weighted by atomic mass is 9.98. The van der Waals surface area contributed by atoms with Gasteiger partial charge in [0.15, 0.2) is 0 Å². The summed E-state index contributed by atoms with van der Waals surface area (Å²) in [6, 6.07) is 13.6. The zero-order chi connectivity index (χ0) is 19.0. The molecule has 27 heavy (non-hydrogen) atoms. The molecule has 1 atom stereocenters. The lowest BCUT2D eigenvalue weighted by Crippen LogP contribution is -2.12. The largest absolute Gasteiger partial charge is 0.345 e. The van der Waals surface area contributed by atoms with Crippen LogP contribution in [0.2, 0.25) is 0 Å². The highest BCUT2D eigenvalue weighted by Crippen LogP contribution is 2.34. The fourth-order valence-corrected chi connectivity index (χ4v) is 3.98. The number of halogens is 2. The van der Waals surface area contributed by atoms with Crippen LogP contribution in [-0.2, 0) is 6.42 Å². The molecule has 5 heteroatoms. The molecule has 0 radical (unpaired) electrons. The van der Waals surface area contributed by atoms with Crippen LogP contribution in [0.15, 0.2) is 71.9 Å². The van der Waals surface area contributed by atoms with Crippen molar-refractivity contribution in [3.63, 3.8) is 0 Å². The van der Waals surface area contributed by atoms with E-state index in [9.17, 15) is 4.39 Å². The third-order valence-corrected chi connectivity index (χ3v) is 5.46. The molecular weight excluding hydrogens is 405 g/mol. The number of aromatic nitrogens is 3. The Morgan fingerprint density at radius 2 is 1.89 bits per heavy atom. The van der Waals surface area contributed by atoms with E-state index in [2.05, 4.69) is 68.3 Å². The number of nitrogens with zero attached hydrogens (tertiary/aromatic N) is 3. The predicted octanol–water partition coefficient (Wildman–Crippen LogP) is 6.15. The van der Waals surface area contributed by atoms with E-state index >= 15 is 0 Å². The van der Waals surface area contributed by atoms with Gasteiger partial charge in [0.1, 0.15) is 5.82 Å². The Kier molecular flexibility index (Phi) is 4.87. The molecule has 0 fully saturated rings. The average Bonchev–Trinajstić information content (AvgIpc) is 3.29. The maximum atomic E-state index is 13.3. The van der Waals surface area contributed by atoms with Crippen molar-refractivity contribution < 1.29 is 4.39 Å². The minimum absolute atomic E-state index is 0.0785. The highest BCUT2D eigenvalue weighted by atomic mass is 79.9. The molecule has 4 aromatic rings. The summed E-state index contributed by atoms with van der Waals surface area (Å²) in [5, 5.41) is 1.22. The van der Waals surface area contributed by atoms with Gasteiger partial charge in [0, 0.05) is 45.6 Å². The minimum atomic E-state index is -0.210. The number of fused-ring (bicyclic) bond motifs is 1. The van der Waals surface area contributed by atoms with Crippen LogP contribution in [-0.4, -0.2) is 14.1 Å². The van der Waals surface area contributed by atoms with Gasteiger partial charge in [-0.3, -0.25) is 0 Å². The quantitative estimate of drug-likeness (QED) is 0.375. The normalized spacial score (nSPS) is 12.8. The highest BCUT2D eigenvalue weighted by Gasteiger charge is 2.21. The Morgan fingerprint density at radius 1 is 1.11 bits per heavy atom. The predicted molar refractivity (Wildman–Crippen MR) is 110 cm³/mol. The van der Waals surface area contributed by atoms with Gasteiger partial charge >= 0.3 is 0 Å². The summed E-state index contributed by atoms with van der Waals surface area (Å²) >= 11 is 3.62. The molecule has 2 aromatic heterocycles. The van der Waals surface area contributed by atoms with Crippen LogP contribution in [0.5, 0.6) is 0 Å². The van der Waals surface area contributed by atoms with Crippen molar-refractivity contribution in [3.8, 4) is 0 Å². The van der Waals surface area contributed by atoms with Gasteiger partial charge in [-0.1, -0.05) is 28.1 Å². The Balaban J connectivity index is 1.87. The van der Waals surface area contributed by atoms with Crippen molar-refractivity contribution in [1.29, 1.82) is 0 Å². The first-order valence-corrected chi connectivity index (χ1v) is 9.84. The average molecular weight is 426 g/mol. The summed E-state index contributed by atoms with van der Waals surface area (Å²) in [4.78, 5) is 4.25. The molecule has 0 saturated carbocycles. The summed E-state index contributed by atoms with van der Waals surface area (Å²) in [6.07, 6.45) is 8.65. The zero-order valence-corrected chi connectivity index (χ0v) is 16.9. The molecule has 0 aliphatic carbocycles. The standard InChI is InChI=1S/C22H21BrFN3/c1-15(2)27-13-20(19-12-17(23)5-8-21(19)27)22(26-10-9-25-14-26)11-16-3-6-18(24)7-4-16/h3-10,12-15,22H,11H2,1-2H3. The second kappa shape index (κ2) is 7.31. The molecule has 1 unspecified atom stereocenters. The van der Waals surface area contributed by atoms with Gasteiger partial charge in [-0.25, -0.2) is 9.37 Å². The maximum Gasteiger partial charge on any atom is 0.123 e. The molecule has 2 aromatic carbocycles. The number of imidazole rings is 1. The lowest BCUT2D eigenvalue weighted by molar-refractivity contribution is 0.571. The SMILES string of the molecule is CC(C)n1cc(C(Cc2ccc(F)cc2)n2ccnc2)c2cc(Br)ccc21. The van der Waals surface area contributed by atoms with Crippen molar-refractivity contribution in [2.75, 3.05) is 0 Å². The molecule has 0 aliphatic heterocycles. The van der Waals surface area contributed by atoms with E-state index in [0.717, 1.165) is 16.5 Å². The topological polar surface area (TPSA) is 22.8 Å². The molecule has 138 valence electrons. The third-order valence-electron chi connectivity index (χ3n) is 4.97. The van der Waals surface area contributed by atoms with Crippen LogP contribution >= 0.6 is 15.9 Å². The van der Waals surface area contributed by atoms with Gasteiger partial charge in [-0.05, 0) is 56.2 Å². The summed E-state index contributed by atoms with van der Waals surface area (Å²) in [5.41, 5.74) is 3.55. The van der Waals surface area contributed by atoms with E-state index in [4.69, 9.17) is 0 Å². The molecular formula is C22H21BrFN3. The van der Waals surface area contributed by atoms with Crippen molar-refractivity contribution in [3.05, 3.63) is 88.8 Å². The maximum absolute atomic E-state index is 13.3. The second-order valence-corrected chi connectivity index (χ2v) is 8.02. The van der Waals surface area contributed by atoms with E-state index in [1.807, 2.05) is 24.7 Å². The first-order valence-electron chi connectivity index (χ1n) is 9.05. The van der Waals surface area contributed by atoms with Gasteiger partial charge in [0.25, 0.3) is 0 Å². The smallest absolute Gasteiger partial charge is 0.123 e.